The summed E-state index contributed by atoms with van der Waals surface area (Å²) in [7, 11) is -3.74. The van der Waals surface area contributed by atoms with Crippen LogP contribution in [-0.2, 0) is 26.0 Å². The zero-order chi connectivity index (χ0) is 24.6. The zero-order valence-electron chi connectivity index (χ0n) is 19.5. The number of rotatable bonds is 11. The Morgan fingerprint density at radius 1 is 1.09 bits per heavy atom. The number of nitrogens with zero attached hydrogens (tertiary/aromatic N) is 2. The molecule has 2 amide bonds. The van der Waals surface area contributed by atoms with Crippen LogP contribution in [0.1, 0.15) is 31.4 Å². The smallest absolute Gasteiger partial charge is 0.244 e. The van der Waals surface area contributed by atoms with Crippen LogP contribution in [0, 0.1) is 6.92 Å². The largest absolute Gasteiger partial charge is 0.355 e. The molecule has 2 aromatic carbocycles. The average molecular weight is 539 g/mol. The maximum absolute atomic E-state index is 13.5. The van der Waals surface area contributed by atoms with Gasteiger partial charge in [0.25, 0.3) is 0 Å². The molecule has 0 heterocycles. The Balaban J connectivity index is 2.36. The average Bonchev–Trinajstić information content (AvgIpc) is 2.76. The Morgan fingerprint density at radius 3 is 2.30 bits per heavy atom. The van der Waals surface area contributed by atoms with Gasteiger partial charge in [-0.3, -0.25) is 13.9 Å². The van der Waals surface area contributed by atoms with Gasteiger partial charge in [-0.25, -0.2) is 8.42 Å². The molecule has 0 saturated heterocycles. The zero-order valence-corrected chi connectivity index (χ0v) is 21.9. The van der Waals surface area contributed by atoms with E-state index in [4.69, 9.17) is 0 Å². The molecule has 0 aliphatic rings. The van der Waals surface area contributed by atoms with Gasteiger partial charge in [0, 0.05) is 17.6 Å². The lowest BCUT2D eigenvalue weighted by atomic mass is 10.1. The monoisotopic (exact) mass is 537 g/mol. The minimum absolute atomic E-state index is 0.244. The molecule has 2 rings (SSSR count). The van der Waals surface area contributed by atoms with Crippen LogP contribution < -0.4 is 9.62 Å². The number of sulfonamides is 1. The van der Waals surface area contributed by atoms with Crippen LogP contribution in [0.15, 0.2) is 53.0 Å². The summed E-state index contributed by atoms with van der Waals surface area (Å²) in [6.45, 7) is 5.88. The first kappa shape index (κ1) is 26.9. The lowest BCUT2D eigenvalue weighted by molar-refractivity contribution is -0.139. The number of nitrogens with one attached hydrogen (secondary N) is 1. The highest BCUT2D eigenvalue weighted by atomic mass is 79.9. The molecule has 33 heavy (non-hydrogen) atoms. The van der Waals surface area contributed by atoms with E-state index in [1.807, 2.05) is 51.1 Å². The summed E-state index contributed by atoms with van der Waals surface area (Å²) in [4.78, 5) is 27.7. The Kier molecular flexibility index (Phi) is 9.91. The van der Waals surface area contributed by atoms with Crippen LogP contribution in [0.2, 0.25) is 0 Å². The van der Waals surface area contributed by atoms with Gasteiger partial charge in [0.05, 0.1) is 11.9 Å². The van der Waals surface area contributed by atoms with Gasteiger partial charge in [0.15, 0.2) is 0 Å². The van der Waals surface area contributed by atoms with Gasteiger partial charge in [-0.1, -0.05) is 53.2 Å². The minimum Gasteiger partial charge on any atom is -0.355 e. The number of amides is 2. The number of hydrogen-bond donors (Lipinski definition) is 1. The molecule has 0 fully saturated rings. The summed E-state index contributed by atoms with van der Waals surface area (Å²) in [5.74, 6) is -0.665. The molecule has 0 unspecified atom stereocenters. The Labute approximate surface area is 205 Å². The number of carbonyl (C=O) groups is 2. The van der Waals surface area contributed by atoms with Crippen molar-refractivity contribution < 1.29 is 18.0 Å². The Hall–Kier alpha value is -2.39. The van der Waals surface area contributed by atoms with Crippen molar-refractivity contribution >= 4 is 43.5 Å². The first-order valence-electron chi connectivity index (χ1n) is 10.9. The van der Waals surface area contributed by atoms with Crippen molar-refractivity contribution in [3.63, 3.8) is 0 Å². The van der Waals surface area contributed by atoms with Crippen molar-refractivity contribution in [3.05, 3.63) is 64.1 Å². The lowest BCUT2D eigenvalue weighted by Gasteiger charge is -2.32. The molecule has 0 radical (unpaired) electrons. The van der Waals surface area contributed by atoms with Gasteiger partial charge in [0.1, 0.15) is 12.6 Å². The molecule has 0 aliphatic heterocycles. The quantitative estimate of drug-likeness (QED) is 0.475. The maximum atomic E-state index is 13.5. The summed E-state index contributed by atoms with van der Waals surface area (Å²) in [6, 6.07) is 14.1. The number of likely N-dealkylation sites (N-methyl/N-ethyl adjacent to an activating group) is 1. The molecule has 2 aromatic rings. The molecule has 180 valence electrons. The standard InChI is InChI=1S/C24H32BrN3O4S/c1-5-22(24(30)26-6-2)27(15-14-19-10-8-7-9-11-19)23(29)17-28(33(4,31)32)20-12-13-21(25)18(3)16-20/h7-13,16,22H,5-6,14-15,17H2,1-4H3,(H,26,30)/t22-/m1/s1. The molecule has 0 spiro atoms. The molecule has 1 atom stereocenters. The molecule has 0 aliphatic carbocycles. The predicted octanol–water partition coefficient (Wildman–Crippen LogP) is 3.51. The van der Waals surface area contributed by atoms with Gasteiger partial charge in [-0.2, -0.15) is 0 Å². The number of hydrogen-bond acceptors (Lipinski definition) is 4. The van der Waals surface area contributed by atoms with Gasteiger partial charge in [-0.15, -0.1) is 0 Å². The minimum atomic E-state index is -3.74. The van der Waals surface area contributed by atoms with Crippen LogP contribution in [0.25, 0.3) is 0 Å². The second kappa shape index (κ2) is 12.2. The Bertz CT molecular complexity index is 1060. The summed E-state index contributed by atoms with van der Waals surface area (Å²) < 4.78 is 27.1. The molecule has 7 nitrogen and oxygen atoms in total. The third-order valence-corrected chi connectivity index (χ3v) is 7.36. The topological polar surface area (TPSA) is 86.8 Å². The summed E-state index contributed by atoms with van der Waals surface area (Å²) in [5, 5.41) is 2.79. The van der Waals surface area contributed by atoms with E-state index in [-0.39, 0.29) is 12.5 Å². The fourth-order valence-electron chi connectivity index (χ4n) is 3.59. The Morgan fingerprint density at radius 2 is 1.76 bits per heavy atom. The van der Waals surface area contributed by atoms with E-state index < -0.39 is 22.0 Å². The van der Waals surface area contributed by atoms with E-state index >= 15 is 0 Å². The third-order valence-electron chi connectivity index (χ3n) is 5.33. The van der Waals surface area contributed by atoms with Crippen molar-refractivity contribution in [1.29, 1.82) is 0 Å². The maximum Gasteiger partial charge on any atom is 0.244 e. The molecule has 0 bridgehead atoms. The first-order chi connectivity index (χ1) is 15.6. The van der Waals surface area contributed by atoms with E-state index in [1.54, 1.807) is 18.2 Å². The highest BCUT2D eigenvalue weighted by molar-refractivity contribution is 9.10. The predicted molar refractivity (Wildman–Crippen MR) is 136 cm³/mol. The van der Waals surface area contributed by atoms with Crippen LogP contribution >= 0.6 is 15.9 Å². The third kappa shape index (κ3) is 7.57. The van der Waals surface area contributed by atoms with Crippen molar-refractivity contribution in [2.45, 2.75) is 39.7 Å². The van der Waals surface area contributed by atoms with E-state index in [2.05, 4.69) is 21.2 Å². The molecule has 9 heteroatoms. The normalized spacial score (nSPS) is 12.2. The second-order valence-electron chi connectivity index (χ2n) is 7.84. The lowest BCUT2D eigenvalue weighted by Crippen LogP contribution is -2.53. The van der Waals surface area contributed by atoms with Crippen LogP contribution in [-0.4, -0.2) is 57.1 Å². The highest BCUT2D eigenvalue weighted by Crippen LogP contribution is 2.25. The van der Waals surface area contributed by atoms with Crippen molar-refractivity contribution in [2.75, 3.05) is 30.2 Å². The SMILES string of the molecule is CCNC(=O)[C@@H](CC)N(CCc1ccccc1)C(=O)CN(c1ccc(Br)c(C)c1)S(C)(=O)=O. The molecular weight excluding hydrogens is 506 g/mol. The van der Waals surface area contributed by atoms with Crippen LogP contribution in [0.5, 0.6) is 0 Å². The molecule has 0 saturated carbocycles. The van der Waals surface area contributed by atoms with Crippen molar-refractivity contribution in [3.8, 4) is 0 Å². The fraction of sp³-hybridized carbons (Fsp3) is 0.417. The first-order valence-corrected chi connectivity index (χ1v) is 13.6. The number of benzene rings is 2. The van der Waals surface area contributed by atoms with Crippen LogP contribution in [0.4, 0.5) is 5.69 Å². The number of anilines is 1. The van der Waals surface area contributed by atoms with E-state index in [0.29, 0.717) is 31.6 Å². The fourth-order valence-corrected chi connectivity index (χ4v) is 4.67. The number of halogens is 1. The van der Waals surface area contributed by atoms with Gasteiger partial charge in [-0.05, 0) is 56.0 Å². The van der Waals surface area contributed by atoms with E-state index in [0.717, 1.165) is 26.2 Å². The van der Waals surface area contributed by atoms with Crippen molar-refractivity contribution in [1.82, 2.24) is 10.2 Å². The number of aryl methyl sites for hydroxylation is 1. The molecule has 1 N–H and O–H groups in total. The van der Waals surface area contributed by atoms with E-state index in [1.165, 1.54) is 4.90 Å². The molecular formula is C24H32BrN3O4S. The summed E-state index contributed by atoms with van der Waals surface area (Å²) >= 11 is 3.42. The highest BCUT2D eigenvalue weighted by Gasteiger charge is 2.31. The van der Waals surface area contributed by atoms with Crippen molar-refractivity contribution in [2.24, 2.45) is 0 Å². The van der Waals surface area contributed by atoms with E-state index in [9.17, 15) is 18.0 Å². The summed E-state index contributed by atoms with van der Waals surface area (Å²) in [5.41, 5.74) is 2.29. The number of carbonyl (C=O) groups excluding carboxylic acids is 2. The second-order valence-corrected chi connectivity index (χ2v) is 10.6. The van der Waals surface area contributed by atoms with Crippen LogP contribution in [0.3, 0.4) is 0 Å². The molecule has 0 aromatic heterocycles. The van der Waals surface area contributed by atoms with Gasteiger partial charge < -0.3 is 10.2 Å². The van der Waals surface area contributed by atoms with Gasteiger partial charge in [0.2, 0.25) is 21.8 Å². The summed E-state index contributed by atoms with van der Waals surface area (Å²) in [6.07, 6.45) is 2.05. The van der Waals surface area contributed by atoms with Gasteiger partial charge >= 0.3 is 0 Å².